The Kier molecular flexibility index (Phi) is 4.44. The van der Waals surface area contributed by atoms with Gasteiger partial charge < -0.3 is 5.11 Å². The summed E-state index contributed by atoms with van der Waals surface area (Å²) in [5.74, 6) is 0.0732. The van der Waals surface area contributed by atoms with Gasteiger partial charge in [-0.05, 0) is 36.6 Å². The SMILES string of the molecule is CC1CCN(S(=O)(=O)c2ccc(S(C)(=O)=O)cc2)CC1O. The molecule has 1 aliphatic rings. The Labute approximate surface area is 125 Å². The average Bonchev–Trinajstić information content (AvgIpc) is 2.41. The number of hydrogen-bond acceptors (Lipinski definition) is 5. The summed E-state index contributed by atoms with van der Waals surface area (Å²) in [4.78, 5) is 0.116. The number of aliphatic hydroxyl groups is 1. The van der Waals surface area contributed by atoms with Gasteiger partial charge in [0, 0.05) is 19.3 Å². The standard InChI is InChI=1S/C13H19NO5S2/c1-10-7-8-14(9-13(10)15)21(18,19)12-5-3-11(4-6-12)20(2,16)17/h3-6,10,13,15H,7-9H2,1-2H3. The first-order valence-corrected chi connectivity index (χ1v) is 9.94. The van der Waals surface area contributed by atoms with Gasteiger partial charge in [0.05, 0.1) is 15.9 Å². The van der Waals surface area contributed by atoms with Gasteiger partial charge in [-0.2, -0.15) is 4.31 Å². The van der Waals surface area contributed by atoms with Crippen molar-refractivity contribution in [3.8, 4) is 0 Å². The molecule has 0 spiro atoms. The monoisotopic (exact) mass is 333 g/mol. The van der Waals surface area contributed by atoms with Crippen LogP contribution < -0.4 is 0 Å². The highest BCUT2D eigenvalue weighted by Crippen LogP contribution is 2.24. The molecule has 8 heteroatoms. The number of benzene rings is 1. The number of sulfonamides is 1. The van der Waals surface area contributed by atoms with Gasteiger partial charge in [-0.25, -0.2) is 16.8 Å². The largest absolute Gasteiger partial charge is 0.391 e. The Bertz CT molecular complexity index is 709. The molecule has 6 nitrogen and oxygen atoms in total. The van der Waals surface area contributed by atoms with Gasteiger partial charge in [-0.1, -0.05) is 6.92 Å². The molecule has 1 saturated heterocycles. The lowest BCUT2D eigenvalue weighted by Gasteiger charge is -2.33. The summed E-state index contributed by atoms with van der Waals surface area (Å²) in [6.07, 6.45) is 0.990. The molecule has 0 radical (unpaired) electrons. The van der Waals surface area contributed by atoms with Gasteiger partial charge >= 0.3 is 0 Å². The number of hydrogen-bond donors (Lipinski definition) is 1. The van der Waals surface area contributed by atoms with Crippen molar-refractivity contribution in [2.75, 3.05) is 19.3 Å². The molecular formula is C13H19NO5S2. The molecular weight excluding hydrogens is 314 g/mol. The molecule has 1 aliphatic heterocycles. The van der Waals surface area contributed by atoms with Gasteiger partial charge in [-0.3, -0.25) is 0 Å². The van der Waals surface area contributed by atoms with E-state index in [4.69, 9.17) is 0 Å². The van der Waals surface area contributed by atoms with E-state index in [0.29, 0.717) is 13.0 Å². The van der Waals surface area contributed by atoms with Crippen LogP contribution in [0.3, 0.4) is 0 Å². The van der Waals surface area contributed by atoms with Crippen molar-refractivity contribution in [3.63, 3.8) is 0 Å². The highest BCUT2D eigenvalue weighted by Gasteiger charge is 2.32. The van der Waals surface area contributed by atoms with E-state index in [-0.39, 0.29) is 22.3 Å². The smallest absolute Gasteiger partial charge is 0.243 e. The lowest BCUT2D eigenvalue weighted by Crippen LogP contribution is -2.45. The van der Waals surface area contributed by atoms with Crippen molar-refractivity contribution < 1.29 is 21.9 Å². The van der Waals surface area contributed by atoms with Crippen LogP contribution in [-0.4, -0.2) is 51.7 Å². The third-order valence-electron chi connectivity index (χ3n) is 3.77. The fraction of sp³-hybridized carbons (Fsp3) is 0.538. The average molecular weight is 333 g/mol. The second-order valence-corrected chi connectivity index (χ2v) is 9.39. The van der Waals surface area contributed by atoms with E-state index in [2.05, 4.69) is 0 Å². The highest BCUT2D eigenvalue weighted by molar-refractivity contribution is 7.90. The lowest BCUT2D eigenvalue weighted by molar-refractivity contribution is 0.0605. The van der Waals surface area contributed by atoms with Crippen molar-refractivity contribution >= 4 is 19.9 Å². The van der Waals surface area contributed by atoms with E-state index in [0.717, 1.165) is 6.26 Å². The van der Waals surface area contributed by atoms with Gasteiger partial charge in [0.15, 0.2) is 9.84 Å². The van der Waals surface area contributed by atoms with Crippen molar-refractivity contribution in [2.45, 2.75) is 29.2 Å². The number of β-amino-alcohol motifs (C(OH)–C–C–N with tert-alkyl or cyclic N) is 1. The van der Waals surface area contributed by atoms with E-state index in [1.54, 1.807) is 0 Å². The molecule has 2 atom stereocenters. The fourth-order valence-corrected chi connectivity index (χ4v) is 4.35. The molecule has 1 N–H and O–H groups in total. The van der Waals surface area contributed by atoms with Crippen molar-refractivity contribution in [3.05, 3.63) is 24.3 Å². The molecule has 0 saturated carbocycles. The number of nitrogens with zero attached hydrogens (tertiary/aromatic N) is 1. The van der Waals surface area contributed by atoms with Gasteiger partial charge in [0.2, 0.25) is 10.0 Å². The zero-order valence-electron chi connectivity index (χ0n) is 11.9. The minimum absolute atomic E-state index is 0.0386. The molecule has 2 rings (SSSR count). The number of rotatable bonds is 3. The first-order chi connectivity index (χ1) is 9.62. The van der Waals surface area contributed by atoms with E-state index < -0.39 is 26.0 Å². The third-order valence-corrected chi connectivity index (χ3v) is 6.78. The molecule has 1 aromatic carbocycles. The number of aliphatic hydroxyl groups excluding tert-OH is 1. The minimum atomic E-state index is -3.70. The fourth-order valence-electron chi connectivity index (χ4n) is 2.25. The molecule has 21 heavy (non-hydrogen) atoms. The number of sulfone groups is 1. The summed E-state index contributed by atoms with van der Waals surface area (Å²) in [6.45, 7) is 2.31. The first-order valence-electron chi connectivity index (χ1n) is 6.60. The maximum absolute atomic E-state index is 12.5. The summed E-state index contributed by atoms with van der Waals surface area (Å²) >= 11 is 0. The first kappa shape index (κ1) is 16.4. The van der Waals surface area contributed by atoms with Crippen LogP contribution in [-0.2, 0) is 19.9 Å². The van der Waals surface area contributed by atoms with Crippen LogP contribution in [0.4, 0.5) is 0 Å². The second-order valence-electron chi connectivity index (χ2n) is 5.44. The van der Waals surface area contributed by atoms with Crippen LogP contribution in [0.15, 0.2) is 34.1 Å². The maximum Gasteiger partial charge on any atom is 0.243 e. The minimum Gasteiger partial charge on any atom is -0.391 e. The summed E-state index contributed by atoms with van der Waals surface area (Å²) < 4.78 is 48.9. The summed E-state index contributed by atoms with van der Waals surface area (Å²) in [6, 6.07) is 5.14. The van der Waals surface area contributed by atoms with Crippen LogP contribution in [0, 0.1) is 5.92 Å². The lowest BCUT2D eigenvalue weighted by atomic mass is 9.98. The van der Waals surface area contributed by atoms with Crippen molar-refractivity contribution in [1.29, 1.82) is 0 Å². The maximum atomic E-state index is 12.5. The second kappa shape index (κ2) is 5.68. The summed E-state index contributed by atoms with van der Waals surface area (Å²) in [5.41, 5.74) is 0. The van der Waals surface area contributed by atoms with Gasteiger partial charge in [0.25, 0.3) is 0 Å². The predicted octanol–water partition coefficient (Wildman–Crippen LogP) is 0.482. The highest BCUT2D eigenvalue weighted by atomic mass is 32.2. The molecule has 1 heterocycles. The Morgan fingerprint density at radius 1 is 1.10 bits per heavy atom. The third kappa shape index (κ3) is 3.45. The van der Waals surface area contributed by atoms with Gasteiger partial charge in [0.1, 0.15) is 0 Å². The number of piperidine rings is 1. The zero-order valence-corrected chi connectivity index (χ0v) is 13.6. The van der Waals surface area contributed by atoms with Crippen LogP contribution in [0.5, 0.6) is 0 Å². The predicted molar refractivity (Wildman–Crippen MR) is 78.1 cm³/mol. The van der Waals surface area contributed by atoms with Crippen LogP contribution in [0.1, 0.15) is 13.3 Å². The normalized spacial score (nSPS) is 24.9. The van der Waals surface area contributed by atoms with Crippen molar-refractivity contribution in [1.82, 2.24) is 4.31 Å². The van der Waals surface area contributed by atoms with Gasteiger partial charge in [-0.15, -0.1) is 0 Å². The van der Waals surface area contributed by atoms with Crippen LogP contribution >= 0.6 is 0 Å². The quantitative estimate of drug-likeness (QED) is 0.869. The molecule has 2 unspecified atom stereocenters. The van der Waals surface area contributed by atoms with E-state index in [9.17, 15) is 21.9 Å². The molecule has 118 valence electrons. The van der Waals surface area contributed by atoms with E-state index in [1.807, 2.05) is 6.92 Å². The van der Waals surface area contributed by atoms with E-state index >= 15 is 0 Å². The van der Waals surface area contributed by atoms with Crippen molar-refractivity contribution in [2.24, 2.45) is 5.92 Å². The summed E-state index contributed by atoms with van der Waals surface area (Å²) in [5, 5.41) is 9.82. The Balaban J connectivity index is 2.28. The van der Waals surface area contributed by atoms with Crippen LogP contribution in [0.25, 0.3) is 0 Å². The Morgan fingerprint density at radius 2 is 1.62 bits per heavy atom. The Hall–Kier alpha value is -0.960. The molecule has 1 fully saturated rings. The molecule has 0 bridgehead atoms. The zero-order chi connectivity index (χ0) is 15.8. The molecule has 0 aliphatic carbocycles. The molecule has 1 aromatic rings. The Morgan fingerprint density at radius 3 is 2.10 bits per heavy atom. The topological polar surface area (TPSA) is 91.8 Å². The molecule has 0 aromatic heterocycles. The molecule has 0 amide bonds. The van der Waals surface area contributed by atoms with E-state index in [1.165, 1.54) is 28.6 Å². The summed E-state index contributed by atoms with van der Waals surface area (Å²) in [7, 11) is -7.06. The van der Waals surface area contributed by atoms with Crippen LogP contribution in [0.2, 0.25) is 0 Å².